The van der Waals surface area contributed by atoms with Crippen molar-refractivity contribution < 1.29 is 4.79 Å². The summed E-state index contributed by atoms with van der Waals surface area (Å²) in [6.07, 6.45) is 5.29. The molecule has 1 aromatic carbocycles. The Morgan fingerprint density at radius 1 is 1.05 bits per heavy atom. The smallest absolute Gasteiger partial charge is 0.195 e. The second kappa shape index (κ2) is 5.37. The highest BCUT2D eigenvalue weighted by Crippen LogP contribution is 2.25. The number of carbonyl (C=O) groups is 1. The summed E-state index contributed by atoms with van der Waals surface area (Å²) in [6, 6.07) is 11.6. The third-order valence-electron chi connectivity index (χ3n) is 3.56. The van der Waals surface area contributed by atoms with Gasteiger partial charge in [-0.3, -0.25) is 9.78 Å². The van der Waals surface area contributed by atoms with Crippen LogP contribution in [0, 0.1) is 13.8 Å². The molecule has 0 radical (unpaired) electrons. The van der Waals surface area contributed by atoms with Crippen LogP contribution in [0.5, 0.6) is 0 Å². The number of ketones is 1. The number of aromatic nitrogens is 2. The Labute approximate surface area is 123 Å². The molecule has 3 aromatic rings. The Morgan fingerprint density at radius 2 is 1.90 bits per heavy atom. The molecule has 0 unspecified atom stereocenters. The van der Waals surface area contributed by atoms with Gasteiger partial charge in [0.25, 0.3) is 0 Å². The molecule has 0 saturated heterocycles. The van der Waals surface area contributed by atoms with E-state index in [1.807, 2.05) is 56.4 Å². The number of carbonyl (C=O) groups excluding carboxylic acids is 1. The number of aromatic amines is 1. The Hall–Kier alpha value is -2.68. The van der Waals surface area contributed by atoms with Crippen molar-refractivity contribution in [1.29, 1.82) is 0 Å². The van der Waals surface area contributed by atoms with E-state index < -0.39 is 0 Å². The molecule has 0 atom stereocenters. The summed E-state index contributed by atoms with van der Waals surface area (Å²) < 4.78 is 0. The maximum Gasteiger partial charge on any atom is 0.195 e. The molecule has 104 valence electrons. The molecule has 0 amide bonds. The standard InChI is InChI=1S/C18H16N2O/c1-12-6-7-14(13(2)9-12)18(21)16-11-19-10-15(16)17-5-3-4-8-20-17/h3-11,19H,1-2H3. The van der Waals surface area contributed by atoms with Gasteiger partial charge in [-0.2, -0.15) is 0 Å². The van der Waals surface area contributed by atoms with Gasteiger partial charge in [0.05, 0.1) is 5.69 Å². The van der Waals surface area contributed by atoms with Gasteiger partial charge >= 0.3 is 0 Å². The average Bonchev–Trinajstić information content (AvgIpc) is 2.97. The van der Waals surface area contributed by atoms with Crippen molar-refractivity contribution in [3.8, 4) is 11.3 Å². The van der Waals surface area contributed by atoms with Crippen LogP contribution in [0.4, 0.5) is 0 Å². The minimum atomic E-state index is 0.0226. The molecule has 3 rings (SSSR count). The number of nitrogens with one attached hydrogen (secondary N) is 1. The van der Waals surface area contributed by atoms with Crippen molar-refractivity contribution in [2.45, 2.75) is 13.8 Å². The fourth-order valence-electron chi connectivity index (χ4n) is 2.50. The number of pyridine rings is 1. The van der Waals surface area contributed by atoms with E-state index in [2.05, 4.69) is 9.97 Å². The van der Waals surface area contributed by atoms with Crippen LogP contribution in [-0.4, -0.2) is 15.8 Å². The molecule has 2 aromatic heterocycles. The maximum atomic E-state index is 12.8. The van der Waals surface area contributed by atoms with E-state index in [0.717, 1.165) is 27.9 Å². The van der Waals surface area contributed by atoms with E-state index >= 15 is 0 Å². The molecule has 1 N–H and O–H groups in total. The van der Waals surface area contributed by atoms with E-state index in [9.17, 15) is 4.79 Å². The highest BCUT2D eigenvalue weighted by atomic mass is 16.1. The lowest BCUT2D eigenvalue weighted by atomic mass is 9.96. The van der Waals surface area contributed by atoms with Crippen LogP contribution in [0.1, 0.15) is 27.0 Å². The maximum absolute atomic E-state index is 12.8. The van der Waals surface area contributed by atoms with Crippen LogP contribution in [0.25, 0.3) is 11.3 Å². The first-order chi connectivity index (χ1) is 10.2. The van der Waals surface area contributed by atoms with Gasteiger partial charge in [0, 0.05) is 35.3 Å². The van der Waals surface area contributed by atoms with Crippen LogP contribution in [0.2, 0.25) is 0 Å². The van der Waals surface area contributed by atoms with Gasteiger partial charge in [0.15, 0.2) is 5.78 Å². The lowest BCUT2D eigenvalue weighted by Crippen LogP contribution is -2.04. The van der Waals surface area contributed by atoms with Crippen molar-refractivity contribution in [3.05, 3.63) is 77.2 Å². The molecule has 0 spiro atoms. The molecule has 2 heterocycles. The quantitative estimate of drug-likeness (QED) is 0.737. The van der Waals surface area contributed by atoms with Crippen LogP contribution in [-0.2, 0) is 0 Å². The van der Waals surface area contributed by atoms with E-state index in [4.69, 9.17) is 0 Å². The van der Waals surface area contributed by atoms with Gasteiger partial charge < -0.3 is 4.98 Å². The summed E-state index contributed by atoms with van der Waals surface area (Å²) in [6.45, 7) is 3.99. The number of hydrogen-bond acceptors (Lipinski definition) is 2. The second-order valence-corrected chi connectivity index (χ2v) is 5.15. The molecule has 3 heteroatoms. The predicted octanol–water partition coefficient (Wildman–Crippen LogP) is 3.92. The normalized spacial score (nSPS) is 10.6. The number of benzene rings is 1. The van der Waals surface area contributed by atoms with Crippen LogP contribution < -0.4 is 0 Å². The number of aryl methyl sites for hydroxylation is 2. The van der Waals surface area contributed by atoms with Crippen molar-refractivity contribution >= 4 is 5.78 Å². The summed E-state index contributed by atoms with van der Waals surface area (Å²) in [5, 5.41) is 0. The van der Waals surface area contributed by atoms with Crippen LogP contribution >= 0.6 is 0 Å². The number of nitrogens with zero attached hydrogens (tertiary/aromatic N) is 1. The minimum absolute atomic E-state index is 0.0226. The molecule has 0 aliphatic heterocycles. The fraction of sp³-hybridized carbons (Fsp3) is 0.111. The van der Waals surface area contributed by atoms with Gasteiger partial charge in [-0.25, -0.2) is 0 Å². The van der Waals surface area contributed by atoms with Crippen molar-refractivity contribution in [2.75, 3.05) is 0 Å². The zero-order chi connectivity index (χ0) is 14.8. The molecule has 0 aliphatic rings. The third-order valence-corrected chi connectivity index (χ3v) is 3.56. The highest BCUT2D eigenvalue weighted by molar-refractivity contribution is 6.13. The van der Waals surface area contributed by atoms with Crippen molar-refractivity contribution in [2.24, 2.45) is 0 Å². The summed E-state index contributed by atoms with van der Waals surface area (Å²) in [7, 11) is 0. The summed E-state index contributed by atoms with van der Waals surface area (Å²) >= 11 is 0. The summed E-state index contributed by atoms with van der Waals surface area (Å²) in [4.78, 5) is 20.1. The first kappa shape index (κ1) is 13.3. The van der Waals surface area contributed by atoms with Crippen molar-refractivity contribution in [1.82, 2.24) is 9.97 Å². The van der Waals surface area contributed by atoms with Gasteiger partial charge in [-0.05, 0) is 31.5 Å². The van der Waals surface area contributed by atoms with Gasteiger partial charge in [0.1, 0.15) is 0 Å². The molecule has 0 bridgehead atoms. The first-order valence-corrected chi connectivity index (χ1v) is 6.87. The molecule has 21 heavy (non-hydrogen) atoms. The van der Waals surface area contributed by atoms with E-state index in [0.29, 0.717) is 5.56 Å². The van der Waals surface area contributed by atoms with Crippen LogP contribution in [0.3, 0.4) is 0 Å². The number of hydrogen-bond donors (Lipinski definition) is 1. The van der Waals surface area contributed by atoms with Gasteiger partial charge in [-0.15, -0.1) is 0 Å². The SMILES string of the molecule is Cc1ccc(C(=O)c2c[nH]cc2-c2ccccn2)c(C)c1. The number of rotatable bonds is 3. The Kier molecular flexibility index (Phi) is 3.40. The van der Waals surface area contributed by atoms with Gasteiger partial charge in [-0.1, -0.05) is 29.8 Å². The minimum Gasteiger partial charge on any atom is -0.366 e. The molecule has 0 saturated carbocycles. The molecular formula is C18H16N2O. The van der Waals surface area contributed by atoms with Crippen LogP contribution in [0.15, 0.2) is 55.0 Å². The summed E-state index contributed by atoms with van der Waals surface area (Å²) in [5.41, 5.74) is 5.17. The topological polar surface area (TPSA) is 45.8 Å². The lowest BCUT2D eigenvalue weighted by Gasteiger charge is -2.07. The van der Waals surface area contributed by atoms with E-state index in [1.165, 1.54) is 0 Å². The summed E-state index contributed by atoms with van der Waals surface area (Å²) in [5.74, 6) is 0.0226. The highest BCUT2D eigenvalue weighted by Gasteiger charge is 2.17. The Bertz CT molecular complexity index is 788. The molecular weight excluding hydrogens is 260 g/mol. The predicted molar refractivity (Wildman–Crippen MR) is 83.4 cm³/mol. The lowest BCUT2D eigenvalue weighted by molar-refractivity contribution is 0.103. The number of H-pyrrole nitrogens is 1. The average molecular weight is 276 g/mol. The fourth-order valence-corrected chi connectivity index (χ4v) is 2.50. The van der Waals surface area contributed by atoms with Gasteiger partial charge in [0.2, 0.25) is 0 Å². The van der Waals surface area contributed by atoms with E-state index in [-0.39, 0.29) is 5.78 Å². The second-order valence-electron chi connectivity index (χ2n) is 5.15. The van der Waals surface area contributed by atoms with Crippen molar-refractivity contribution in [3.63, 3.8) is 0 Å². The zero-order valence-corrected chi connectivity index (χ0v) is 12.1. The molecule has 0 fully saturated rings. The molecule has 0 aliphatic carbocycles. The van der Waals surface area contributed by atoms with E-state index in [1.54, 1.807) is 12.4 Å². The Morgan fingerprint density at radius 3 is 2.62 bits per heavy atom. The molecule has 3 nitrogen and oxygen atoms in total. The Balaban J connectivity index is 2.06. The third kappa shape index (κ3) is 2.50. The first-order valence-electron chi connectivity index (χ1n) is 6.87. The largest absolute Gasteiger partial charge is 0.366 e. The zero-order valence-electron chi connectivity index (χ0n) is 12.1. The monoisotopic (exact) mass is 276 g/mol.